The lowest BCUT2D eigenvalue weighted by molar-refractivity contribution is 0.628. The standard InChI is InChI=1S/C16H9Cl3FN3/c17-9-3-1-8(2-4-9)14-7-15(23-16(21)22-14)10-5-13(20)12(19)6-11(10)18/h1-7H,(H2,21,22,23). The Kier molecular flexibility index (Phi) is 4.39. The lowest BCUT2D eigenvalue weighted by Gasteiger charge is -2.09. The molecule has 1 heterocycles. The average Bonchev–Trinajstić information content (AvgIpc) is 2.51. The molecule has 0 fully saturated rings. The number of anilines is 1. The second-order valence-electron chi connectivity index (χ2n) is 4.75. The third-order valence-corrected chi connectivity index (χ3v) is 4.02. The zero-order valence-corrected chi connectivity index (χ0v) is 13.8. The maximum Gasteiger partial charge on any atom is 0.221 e. The monoisotopic (exact) mass is 367 g/mol. The van der Waals surface area contributed by atoms with Gasteiger partial charge in [0.25, 0.3) is 0 Å². The van der Waals surface area contributed by atoms with Crippen molar-refractivity contribution in [2.24, 2.45) is 0 Å². The summed E-state index contributed by atoms with van der Waals surface area (Å²) in [5.74, 6) is -0.532. The van der Waals surface area contributed by atoms with Crippen molar-refractivity contribution in [1.29, 1.82) is 0 Å². The molecule has 0 radical (unpaired) electrons. The molecule has 2 aromatic carbocycles. The summed E-state index contributed by atoms with van der Waals surface area (Å²) in [4.78, 5) is 8.31. The van der Waals surface area contributed by atoms with E-state index in [0.717, 1.165) is 5.56 Å². The van der Waals surface area contributed by atoms with Crippen LogP contribution in [0, 0.1) is 5.82 Å². The molecule has 0 aliphatic rings. The zero-order chi connectivity index (χ0) is 16.6. The third-order valence-electron chi connectivity index (χ3n) is 3.17. The number of nitrogens with two attached hydrogens (primary N) is 1. The summed E-state index contributed by atoms with van der Waals surface area (Å²) in [5.41, 5.74) is 7.94. The van der Waals surface area contributed by atoms with Crippen molar-refractivity contribution in [3.05, 3.63) is 63.3 Å². The summed E-state index contributed by atoms with van der Waals surface area (Å²) >= 11 is 17.7. The number of nitrogen functional groups attached to an aromatic ring is 1. The molecule has 0 aliphatic heterocycles. The summed E-state index contributed by atoms with van der Waals surface area (Å²) < 4.78 is 13.7. The first-order valence-corrected chi connectivity index (χ1v) is 7.63. The first kappa shape index (κ1) is 16.0. The number of nitrogens with zero attached hydrogens (tertiary/aromatic N) is 2. The second-order valence-corrected chi connectivity index (χ2v) is 6.00. The highest BCUT2D eigenvalue weighted by atomic mass is 35.5. The van der Waals surface area contributed by atoms with E-state index in [0.29, 0.717) is 22.0 Å². The fraction of sp³-hybridized carbons (Fsp3) is 0. The van der Waals surface area contributed by atoms with E-state index in [1.165, 1.54) is 12.1 Å². The Morgan fingerprint density at radius 3 is 2.17 bits per heavy atom. The highest BCUT2D eigenvalue weighted by Crippen LogP contribution is 2.33. The molecule has 7 heteroatoms. The van der Waals surface area contributed by atoms with E-state index >= 15 is 0 Å². The van der Waals surface area contributed by atoms with Crippen molar-refractivity contribution in [2.75, 3.05) is 5.73 Å². The van der Waals surface area contributed by atoms with Gasteiger partial charge >= 0.3 is 0 Å². The van der Waals surface area contributed by atoms with Crippen molar-refractivity contribution >= 4 is 40.8 Å². The Labute approximate surface area is 146 Å². The summed E-state index contributed by atoms with van der Waals surface area (Å²) in [7, 11) is 0. The largest absolute Gasteiger partial charge is 0.368 e. The molecule has 0 atom stereocenters. The molecule has 0 spiro atoms. The van der Waals surface area contributed by atoms with Gasteiger partial charge in [-0.1, -0.05) is 46.9 Å². The van der Waals surface area contributed by atoms with Crippen LogP contribution in [0.2, 0.25) is 15.1 Å². The molecule has 2 N–H and O–H groups in total. The van der Waals surface area contributed by atoms with E-state index < -0.39 is 5.82 Å². The molecule has 23 heavy (non-hydrogen) atoms. The van der Waals surface area contributed by atoms with E-state index in [9.17, 15) is 4.39 Å². The van der Waals surface area contributed by atoms with Gasteiger partial charge in [0.15, 0.2) is 0 Å². The normalized spacial score (nSPS) is 10.8. The molecule has 0 saturated carbocycles. The van der Waals surface area contributed by atoms with E-state index in [2.05, 4.69) is 9.97 Å². The molecule has 1 aromatic heterocycles. The maximum atomic E-state index is 13.7. The van der Waals surface area contributed by atoms with Crippen LogP contribution in [0.15, 0.2) is 42.5 Å². The van der Waals surface area contributed by atoms with Gasteiger partial charge in [0, 0.05) is 16.1 Å². The van der Waals surface area contributed by atoms with E-state index in [4.69, 9.17) is 40.5 Å². The van der Waals surface area contributed by atoms with Crippen LogP contribution in [0.3, 0.4) is 0 Å². The molecule has 3 aromatic rings. The van der Waals surface area contributed by atoms with Crippen LogP contribution in [-0.4, -0.2) is 9.97 Å². The highest BCUT2D eigenvalue weighted by Gasteiger charge is 2.13. The van der Waals surface area contributed by atoms with Gasteiger partial charge in [0.1, 0.15) is 5.82 Å². The minimum absolute atomic E-state index is 0.0545. The summed E-state index contributed by atoms with van der Waals surface area (Å²) in [6.45, 7) is 0. The number of rotatable bonds is 2. The SMILES string of the molecule is Nc1nc(-c2ccc(Cl)cc2)cc(-c2cc(F)c(Cl)cc2Cl)n1. The molecule has 3 nitrogen and oxygen atoms in total. The number of hydrogen-bond donors (Lipinski definition) is 1. The Bertz CT molecular complexity index is 882. The van der Waals surface area contributed by atoms with Crippen molar-refractivity contribution < 1.29 is 4.39 Å². The first-order valence-electron chi connectivity index (χ1n) is 6.49. The van der Waals surface area contributed by atoms with Crippen LogP contribution < -0.4 is 5.73 Å². The Morgan fingerprint density at radius 1 is 0.826 bits per heavy atom. The molecular weight excluding hydrogens is 360 g/mol. The van der Waals surface area contributed by atoms with Crippen LogP contribution in [0.1, 0.15) is 0 Å². The van der Waals surface area contributed by atoms with Crippen LogP contribution in [0.5, 0.6) is 0 Å². The lowest BCUT2D eigenvalue weighted by Crippen LogP contribution is -1.99. The van der Waals surface area contributed by atoms with Gasteiger partial charge in [-0.3, -0.25) is 0 Å². The number of halogens is 4. The summed E-state index contributed by atoms with van der Waals surface area (Å²) in [5, 5.41) is 0.828. The van der Waals surface area contributed by atoms with E-state index in [1.807, 2.05) is 0 Å². The zero-order valence-electron chi connectivity index (χ0n) is 11.5. The molecule has 0 bridgehead atoms. The Morgan fingerprint density at radius 2 is 1.48 bits per heavy atom. The van der Waals surface area contributed by atoms with Crippen LogP contribution in [-0.2, 0) is 0 Å². The summed E-state index contributed by atoms with van der Waals surface area (Å²) in [6, 6.07) is 11.3. The predicted molar refractivity (Wildman–Crippen MR) is 92.3 cm³/mol. The van der Waals surface area contributed by atoms with Crippen molar-refractivity contribution in [2.45, 2.75) is 0 Å². The van der Waals surface area contributed by atoms with Gasteiger partial charge in [0.05, 0.1) is 21.4 Å². The van der Waals surface area contributed by atoms with Crippen LogP contribution >= 0.6 is 34.8 Å². The molecule has 0 aliphatic carbocycles. The fourth-order valence-electron chi connectivity index (χ4n) is 2.09. The highest BCUT2D eigenvalue weighted by molar-refractivity contribution is 6.36. The molecule has 3 rings (SSSR count). The van der Waals surface area contributed by atoms with Crippen molar-refractivity contribution in [3.8, 4) is 22.5 Å². The molecule has 0 unspecified atom stereocenters. The lowest BCUT2D eigenvalue weighted by atomic mass is 10.1. The van der Waals surface area contributed by atoms with Crippen molar-refractivity contribution in [3.63, 3.8) is 0 Å². The number of aromatic nitrogens is 2. The van der Waals surface area contributed by atoms with Gasteiger partial charge < -0.3 is 5.73 Å². The first-order chi connectivity index (χ1) is 10.9. The minimum atomic E-state index is -0.587. The van der Waals surface area contributed by atoms with E-state index in [1.54, 1.807) is 30.3 Å². The summed E-state index contributed by atoms with van der Waals surface area (Å²) in [6.07, 6.45) is 0. The van der Waals surface area contributed by atoms with Gasteiger partial charge in [-0.15, -0.1) is 0 Å². The van der Waals surface area contributed by atoms with Gasteiger partial charge in [-0.05, 0) is 30.3 Å². The number of benzene rings is 2. The molecule has 0 saturated heterocycles. The van der Waals surface area contributed by atoms with Gasteiger partial charge in [-0.2, -0.15) is 0 Å². The topological polar surface area (TPSA) is 51.8 Å². The number of hydrogen-bond acceptors (Lipinski definition) is 3. The maximum absolute atomic E-state index is 13.7. The van der Waals surface area contributed by atoms with Crippen molar-refractivity contribution in [1.82, 2.24) is 9.97 Å². The van der Waals surface area contributed by atoms with E-state index in [-0.39, 0.29) is 16.0 Å². The van der Waals surface area contributed by atoms with Gasteiger partial charge in [-0.25, -0.2) is 14.4 Å². The van der Waals surface area contributed by atoms with Crippen LogP contribution in [0.4, 0.5) is 10.3 Å². The predicted octanol–water partition coefficient (Wildman–Crippen LogP) is 5.49. The molecular formula is C16H9Cl3FN3. The third kappa shape index (κ3) is 3.39. The average molecular weight is 369 g/mol. The molecule has 0 amide bonds. The van der Waals surface area contributed by atoms with Gasteiger partial charge in [0.2, 0.25) is 5.95 Å². The van der Waals surface area contributed by atoms with Crippen LogP contribution in [0.25, 0.3) is 22.5 Å². The fourth-order valence-corrected chi connectivity index (χ4v) is 2.70. The molecule has 116 valence electrons. The second kappa shape index (κ2) is 6.32. The Balaban J connectivity index is 2.15. The Hall–Kier alpha value is -1.88. The quantitative estimate of drug-likeness (QED) is 0.608. The smallest absolute Gasteiger partial charge is 0.221 e. The minimum Gasteiger partial charge on any atom is -0.368 e.